The summed E-state index contributed by atoms with van der Waals surface area (Å²) in [5, 5.41) is 8.20. The highest BCUT2D eigenvalue weighted by Crippen LogP contribution is 2.41. The number of likely N-dealkylation sites (tertiary alicyclic amines) is 1. The third kappa shape index (κ3) is 2.92. The Bertz CT molecular complexity index is 941. The maximum absolute atomic E-state index is 6.26. The first-order valence-electron chi connectivity index (χ1n) is 8.23. The van der Waals surface area contributed by atoms with Crippen LogP contribution in [-0.2, 0) is 19.0 Å². The number of aromatic nitrogens is 3. The van der Waals surface area contributed by atoms with E-state index in [0.717, 1.165) is 30.5 Å². The van der Waals surface area contributed by atoms with Gasteiger partial charge in [0, 0.05) is 31.7 Å². The van der Waals surface area contributed by atoms with Crippen molar-refractivity contribution >= 4 is 23.8 Å². The summed E-state index contributed by atoms with van der Waals surface area (Å²) >= 11 is 11.6. The molecule has 128 valence electrons. The molecule has 0 unspecified atom stereocenters. The lowest BCUT2D eigenvalue weighted by molar-refractivity contribution is 0.0768. The number of aromatic amines is 1. The molecule has 0 amide bonds. The lowest BCUT2D eigenvalue weighted by atomic mass is 9.72. The molecule has 25 heavy (non-hydrogen) atoms. The number of nitrogens with zero attached hydrogens (tertiary/aromatic N) is 3. The van der Waals surface area contributed by atoms with Gasteiger partial charge in [-0.2, -0.15) is 5.10 Å². The second-order valence-electron chi connectivity index (χ2n) is 6.63. The quantitative estimate of drug-likeness (QED) is 0.707. The first-order valence-corrected chi connectivity index (χ1v) is 9.01. The SMILES string of the molecule is Cn1c(C2(c3cccc(Cl)c3)CN(Cc3ccccc3)C2)n[nH]c1=S. The second kappa shape index (κ2) is 6.41. The molecular weight excluding hydrogens is 352 g/mol. The zero-order valence-corrected chi connectivity index (χ0v) is 15.5. The van der Waals surface area contributed by atoms with Crippen LogP contribution in [0.15, 0.2) is 54.6 Å². The van der Waals surface area contributed by atoms with E-state index in [-0.39, 0.29) is 5.41 Å². The van der Waals surface area contributed by atoms with E-state index in [1.165, 1.54) is 11.1 Å². The Balaban J connectivity index is 1.68. The molecule has 0 saturated carbocycles. The van der Waals surface area contributed by atoms with Gasteiger partial charge < -0.3 is 4.57 Å². The summed E-state index contributed by atoms with van der Waals surface area (Å²) in [6.45, 7) is 2.70. The van der Waals surface area contributed by atoms with Gasteiger partial charge in [-0.15, -0.1) is 0 Å². The van der Waals surface area contributed by atoms with Crippen LogP contribution in [0, 0.1) is 4.77 Å². The molecule has 1 saturated heterocycles. The highest BCUT2D eigenvalue weighted by atomic mass is 35.5. The van der Waals surface area contributed by atoms with E-state index >= 15 is 0 Å². The van der Waals surface area contributed by atoms with Crippen LogP contribution in [0.5, 0.6) is 0 Å². The molecule has 0 atom stereocenters. The first kappa shape index (κ1) is 16.5. The molecule has 0 spiro atoms. The molecule has 3 aromatic rings. The van der Waals surface area contributed by atoms with E-state index in [0.29, 0.717) is 4.77 Å². The molecule has 1 aromatic heterocycles. The first-order chi connectivity index (χ1) is 12.1. The summed E-state index contributed by atoms with van der Waals surface area (Å²) in [5.74, 6) is 0.962. The fourth-order valence-electron chi connectivity index (χ4n) is 3.68. The highest BCUT2D eigenvalue weighted by molar-refractivity contribution is 7.71. The second-order valence-corrected chi connectivity index (χ2v) is 7.46. The van der Waals surface area contributed by atoms with E-state index in [4.69, 9.17) is 23.8 Å². The predicted molar refractivity (Wildman–Crippen MR) is 102 cm³/mol. The lowest BCUT2D eigenvalue weighted by Gasteiger charge is -2.49. The van der Waals surface area contributed by atoms with Crippen LogP contribution in [-0.4, -0.2) is 32.8 Å². The van der Waals surface area contributed by atoms with Gasteiger partial charge in [-0.3, -0.25) is 10.00 Å². The smallest absolute Gasteiger partial charge is 0.194 e. The fourth-order valence-corrected chi connectivity index (χ4v) is 4.01. The van der Waals surface area contributed by atoms with E-state index in [2.05, 4.69) is 45.4 Å². The summed E-state index contributed by atoms with van der Waals surface area (Å²) < 4.78 is 2.61. The van der Waals surface area contributed by atoms with Crippen LogP contribution in [0.2, 0.25) is 5.02 Å². The summed E-state index contributed by atoms with van der Waals surface area (Å²) in [5.41, 5.74) is 2.31. The third-order valence-corrected chi connectivity index (χ3v) is 5.52. The molecule has 2 aromatic carbocycles. The van der Waals surface area contributed by atoms with Gasteiger partial charge >= 0.3 is 0 Å². The lowest BCUT2D eigenvalue weighted by Crippen LogP contribution is -2.60. The largest absolute Gasteiger partial charge is 0.306 e. The maximum atomic E-state index is 6.26. The predicted octanol–water partition coefficient (Wildman–Crippen LogP) is 3.93. The maximum Gasteiger partial charge on any atom is 0.194 e. The van der Waals surface area contributed by atoms with Crippen molar-refractivity contribution in [3.05, 3.63) is 81.3 Å². The van der Waals surface area contributed by atoms with Crippen LogP contribution in [0.1, 0.15) is 17.0 Å². The minimum absolute atomic E-state index is 0.192. The average molecular weight is 371 g/mol. The molecule has 1 fully saturated rings. The van der Waals surface area contributed by atoms with Gasteiger partial charge in [0.05, 0.1) is 5.41 Å². The molecule has 2 heterocycles. The number of benzene rings is 2. The minimum Gasteiger partial charge on any atom is -0.306 e. The Morgan fingerprint density at radius 3 is 2.56 bits per heavy atom. The normalized spacial score (nSPS) is 16.6. The molecule has 0 bridgehead atoms. The van der Waals surface area contributed by atoms with Crippen LogP contribution < -0.4 is 0 Å². The zero-order valence-electron chi connectivity index (χ0n) is 13.9. The van der Waals surface area contributed by atoms with Gasteiger partial charge in [-0.1, -0.05) is 54.1 Å². The average Bonchev–Trinajstić information content (AvgIpc) is 2.91. The van der Waals surface area contributed by atoms with Crippen molar-refractivity contribution in [3.63, 3.8) is 0 Å². The molecule has 4 rings (SSSR count). The Kier molecular flexibility index (Phi) is 4.23. The van der Waals surface area contributed by atoms with E-state index in [1.807, 2.05) is 35.9 Å². The van der Waals surface area contributed by atoms with Crippen LogP contribution >= 0.6 is 23.8 Å². The standard InChI is InChI=1S/C19H19ClN4S/c1-23-17(21-22-18(23)25)19(15-8-5-9-16(20)10-15)12-24(13-19)11-14-6-3-2-4-7-14/h2-10H,11-13H2,1H3,(H,22,25). The number of hydrogen-bond acceptors (Lipinski definition) is 3. The van der Waals surface area contributed by atoms with E-state index < -0.39 is 0 Å². The number of nitrogens with one attached hydrogen (secondary N) is 1. The number of halogens is 1. The number of H-pyrrole nitrogens is 1. The van der Waals surface area contributed by atoms with Crippen molar-refractivity contribution in [2.45, 2.75) is 12.0 Å². The molecule has 0 aliphatic carbocycles. The molecule has 1 aliphatic rings. The summed E-state index contributed by atoms with van der Waals surface area (Å²) in [4.78, 5) is 2.42. The van der Waals surface area contributed by atoms with Crippen molar-refractivity contribution in [2.24, 2.45) is 7.05 Å². The molecule has 1 aliphatic heterocycles. The van der Waals surface area contributed by atoms with Gasteiger partial charge in [-0.25, -0.2) is 0 Å². The Morgan fingerprint density at radius 1 is 1.16 bits per heavy atom. The monoisotopic (exact) mass is 370 g/mol. The minimum atomic E-state index is -0.192. The Morgan fingerprint density at radius 2 is 1.92 bits per heavy atom. The van der Waals surface area contributed by atoms with Gasteiger partial charge in [0.2, 0.25) is 0 Å². The van der Waals surface area contributed by atoms with Gasteiger partial charge in [0.15, 0.2) is 4.77 Å². The van der Waals surface area contributed by atoms with Crippen LogP contribution in [0.25, 0.3) is 0 Å². The summed E-state index contributed by atoms with van der Waals surface area (Å²) in [7, 11) is 1.97. The van der Waals surface area contributed by atoms with Crippen molar-refractivity contribution in [1.29, 1.82) is 0 Å². The van der Waals surface area contributed by atoms with E-state index in [1.54, 1.807) is 0 Å². The van der Waals surface area contributed by atoms with Gasteiger partial charge in [0.25, 0.3) is 0 Å². The number of hydrogen-bond donors (Lipinski definition) is 1. The van der Waals surface area contributed by atoms with Crippen LogP contribution in [0.4, 0.5) is 0 Å². The van der Waals surface area contributed by atoms with Crippen molar-refractivity contribution in [2.75, 3.05) is 13.1 Å². The van der Waals surface area contributed by atoms with Gasteiger partial charge in [-0.05, 0) is 35.5 Å². The summed E-state index contributed by atoms with van der Waals surface area (Å²) in [6.07, 6.45) is 0. The topological polar surface area (TPSA) is 36.9 Å². The van der Waals surface area contributed by atoms with Crippen molar-refractivity contribution in [3.8, 4) is 0 Å². The van der Waals surface area contributed by atoms with E-state index in [9.17, 15) is 0 Å². The zero-order chi connectivity index (χ0) is 17.4. The van der Waals surface area contributed by atoms with Crippen molar-refractivity contribution in [1.82, 2.24) is 19.7 Å². The van der Waals surface area contributed by atoms with Gasteiger partial charge in [0.1, 0.15) is 5.82 Å². The number of rotatable bonds is 4. The molecule has 1 N–H and O–H groups in total. The third-order valence-electron chi connectivity index (χ3n) is 4.92. The Hall–Kier alpha value is -1.95. The molecule has 6 heteroatoms. The van der Waals surface area contributed by atoms with Crippen molar-refractivity contribution < 1.29 is 0 Å². The fraction of sp³-hybridized carbons (Fsp3) is 0.263. The summed E-state index contributed by atoms with van der Waals surface area (Å²) in [6, 6.07) is 18.6. The Labute approximate surface area is 157 Å². The highest BCUT2D eigenvalue weighted by Gasteiger charge is 2.49. The molecule has 0 radical (unpaired) electrons. The molecule has 4 nitrogen and oxygen atoms in total. The molecular formula is C19H19ClN4S. The van der Waals surface area contributed by atoms with Crippen LogP contribution in [0.3, 0.4) is 0 Å².